The van der Waals surface area contributed by atoms with Crippen molar-refractivity contribution >= 4 is 0 Å². The lowest BCUT2D eigenvalue weighted by molar-refractivity contribution is 0.0133. The molecule has 0 aromatic heterocycles. The molecule has 1 fully saturated rings. The molecule has 1 heterocycles. The lowest BCUT2D eigenvalue weighted by Gasteiger charge is -2.33. The van der Waals surface area contributed by atoms with Crippen LogP contribution in [0.3, 0.4) is 0 Å². The Bertz CT molecular complexity index is 130. The third-order valence-electron chi connectivity index (χ3n) is 2.54. The van der Waals surface area contributed by atoms with Gasteiger partial charge in [-0.2, -0.15) is 0 Å². The molecule has 12 heavy (non-hydrogen) atoms. The van der Waals surface area contributed by atoms with Gasteiger partial charge in [0.05, 0.1) is 5.60 Å². The molecule has 0 bridgehead atoms. The van der Waals surface area contributed by atoms with E-state index in [0.29, 0.717) is 0 Å². The van der Waals surface area contributed by atoms with Gasteiger partial charge >= 0.3 is 0 Å². The van der Waals surface area contributed by atoms with Crippen molar-refractivity contribution < 1.29 is 5.11 Å². The van der Waals surface area contributed by atoms with Gasteiger partial charge in [-0.05, 0) is 13.3 Å². The van der Waals surface area contributed by atoms with Crippen LogP contribution in [0.2, 0.25) is 0 Å². The highest BCUT2D eigenvalue weighted by atomic mass is 16.3. The molecule has 1 aliphatic heterocycles. The molecule has 0 saturated carbocycles. The van der Waals surface area contributed by atoms with E-state index in [1.54, 1.807) is 0 Å². The van der Waals surface area contributed by atoms with Gasteiger partial charge < -0.3 is 10.4 Å². The van der Waals surface area contributed by atoms with Crippen LogP contribution in [0, 0.1) is 0 Å². The summed E-state index contributed by atoms with van der Waals surface area (Å²) >= 11 is 0. The van der Waals surface area contributed by atoms with Crippen molar-refractivity contribution in [3.05, 3.63) is 0 Å². The van der Waals surface area contributed by atoms with Crippen LogP contribution in [0.5, 0.6) is 0 Å². The second-order valence-electron chi connectivity index (χ2n) is 3.88. The molecule has 0 aromatic carbocycles. The van der Waals surface area contributed by atoms with Gasteiger partial charge in [-0.15, -0.1) is 0 Å². The van der Waals surface area contributed by atoms with Gasteiger partial charge in [0.2, 0.25) is 0 Å². The van der Waals surface area contributed by atoms with Gasteiger partial charge in [-0.3, -0.25) is 4.90 Å². The van der Waals surface area contributed by atoms with E-state index in [1.807, 2.05) is 13.8 Å². The molecule has 2 N–H and O–H groups in total. The van der Waals surface area contributed by atoms with Crippen molar-refractivity contribution in [2.24, 2.45) is 0 Å². The second kappa shape index (κ2) is 4.21. The van der Waals surface area contributed by atoms with E-state index >= 15 is 0 Å². The predicted molar refractivity (Wildman–Crippen MR) is 50.2 cm³/mol. The van der Waals surface area contributed by atoms with Crippen LogP contribution in [-0.2, 0) is 0 Å². The number of piperazine rings is 1. The van der Waals surface area contributed by atoms with Crippen LogP contribution >= 0.6 is 0 Å². The Kier molecular flexibility index (Phi) is 3.50. The van der Waals surface area contributed by atoms with Crippen LogP contribution in [0.4, 0.5) is 0 Å². The molecule has 72 valence electrons. The molecule has 1 saturated heterocycles. The highest BCUT2D eigenvalue weighted by Gasteiger charge is 2.22. The number of rotatable bonds is 3. The number of hydrogen-bond acceptors (Lipinski definition) is 3. The smallest absolute Gasteiger partial charge is 0.0743 e. The minimum Gasteiger partial charge on any atom is -0.389 e. The fraction of sp³-hybridized carbons (Fsp3) is 1.00. The molecule has 3 nitrogen and oxygen atoms in total. The highest BCUT2D eigenvalue weighted by molar-refractivity contribution is 4.78. The van der Waals surface area contributed by atoms with Crippen molar-refractivity contribution in [1.29, 1.82) is 0 Å². The zero-order valence-corrected chi connectivity index (χ0v) is 8.14. The van der Waals surface area contributed by atoms with E-state index in [0.717, 1.165) is 39.1 Å². The summed E-state index contributed by atoms with van der Waals surface area (Å²) < 4.78 is 0. The zero-order valence-electron chi connectivity index (χ0n) is 8.14. The molecule has 0 spiro atoms. The van der Waals surface area contributed by atoms with Crippen molar-refractivity contribution in [3.8, 4) is 0 Å². The van der Waals surface area contributed by atoms with E-state index in [2.05, 4.69) is 10.2 Å². The summed E-state index contributed by atoms with van der Waals surface area (Å²) in [7, 11) is 0. The van der Waals surface area contributed by atoms with Gasteiger partial charge in [-0.25, -0.2) is 0 Å². The summed E-state index contributed by atoms with van der Waals surface area (Å²) in [5, 5.41) is 13.1. The largest absolute Gasteiger partial charge is 0.389 e. The van der Waals surface area contributed by atoms with Crippen molar-refractivity contribution in [2.45, 2.75) is 25.9 Å². The SMILES string of the molecule is CCC(C)(O)CN1CCNCC1. The fourth-order valence-corrected chi connectivity index (χ4v) is 1.46. The summed E-state index contributed by atoms with van der Waals surface area (Å²) in [6.45, 7) is 8.99. The highest BCUT2D eigenvalue weighted by Crippen LogP contribution is 2.10. The maximum atomic E-state index is 9.81. The standard InChI is InChI=1S/C9H20N2O/c1-3-9(2,12)8-11-6-4-10-5-7-11/h10,12H,3-8H2,1-2H3. The summed E-state index contributed by atoms with van der Waals surface area (Å²) in [6, 6.07) is 0. The molecule has 0 aliphatic carbocycles. The first-order chi connectivity index (χ1) is 5.64. The number of nitrogens with zero attached hydrogens (tertiary/aromatic N) is 1. The van der Waals surface area contributed by atoms with Crippen molar-refractivity contribution in [3.63, 3.8) is 0 Å². The fourth-order valence-electron chi connectivity index (χ4n) is 1.46. The maximum Gasteiger partial charge on any atom is 0.0743 e. The lowest BCUT2D eigenvalue weighted by atomic mass is 10.0. The normalized spacial score (nSPS) is 25.2. The summed E-state index contributed by atoms with van der Waals surface area (Å²) in [5.41, 5.74) is -0.503. The first-order valence-electron chi connectivity index (χ1n) is 4.79. The lowest BCUT2D eigenvalue weighted by Crippen LogP contribution is -2.49. The van der Waals surface area contributed by atoms with Crippen LogP contribution < -0.4 is 5.32 Å². The minimum absolute atomic E-state index is 0.503. The number of nitrogens with one attached hydrogen (secondary N) is 1. The molecular weight excluding hydrogens is 152 g/mol. The number of β-amino-alcohol motifs (C(OH)–C–C–N with tert-alkyl or cyclic N) is 1. The van der Waals surface area contributed by atoms with E-state index in [-0.39, 0.29) is 0 Å². The molecule has 1 aliphatic rings. The molecular formula is C9H20N2O. The van der Waals surface area contributed by atoms with Crippen LogP contribution in [0.1, 0.15) is 20.3 Å². The van der Waals surface area contributed by atoms with Crippen LogP contribution in [-0.4, -0.2) is 48.3 Å². The topological polar surface area (TPSA) is 35.5 Å². The first-order valence-corrected chi connectivity index (χ1v) is 4.79. The Morgan fingerprint density at radius 2 is 2.00 bits per heavy atom. The van der Waals surface area contributed by atoms with Crippen molar-refractivity contribution in [1.82, 2.24) is 10.2 Å². The van der Waals surface area contributed by atoms with E-state index in [9.17, 15) is 5.11 Å². The summed E-state index contributed by atoms with van der Waals surface area (Å²) in [6.07, 6.45) is 0.830. The minimum atomic E-state index is -0.503. The van der Waals surface area contributed by atoms with E-state index in [4.69, 9.17) is 0 Å². The summed E-state index contributed by atoms with van der Waals surface area (Å²) in [5.74, 6) is 0. The van der Waals surface area contributed by atoms with Gasteiger partial charge in [0.15, 0.2) is 0 Å². The van der Waals surface area contributed by atoms with Crippen LogP contribution in [0.15, 0.2) is 0 Å². The van der Waals surface area contributed by atoms with Gasteiger partial charge in [0.1, 0.15) is 0 Å². The Hall–Kier alpha value is -0.120. The van der Waals surface area contributed by atoms with E-state index in [1.165, 1.54) is 0 Å². The molecule has 0 radical (unpaired) electrons. The Labute approximate surface area is 74.8 Å². The Balaban J connectivity index is 2.28. The average molecular weight is 172 g/mol. The molecule has 1 rings (SSSR count). The third-order valence-corrected chi connectivity index (χ3v) is 2.54. The Morgan fingerprint density at radius 3 is 2.50 bits per heavy atom. The van der Waals surface area contributed by atoms with Crippen LogP contribution in [0.25, 0.3) is 0 Å². The molecule has 0 amide bonds. The monoisotopic (exact) mass is 172 g/mol. The second-order valence-corrected chi connectivity index (χ2v) is 3.88. The average Bonchev–Trinajstić information content (AvgIpc) is 2.06. The molecule has 1 unspecified atom stereocenters. The Morgan fingerprint density at radius 1 is 1.42 bits per heavy atom. The summed E-state index contributed by atoms with van der Waals surface area (Å²) in [4.78, 5) is 2.32. The van der Waals surface area contributed by atoms with Gasteiger partial charge in [0.25, 0.3) is 0 Å². The third kappa shape index (κ3) is 3.09. The van der Waals surface area contributed by atoms with Gasteiger partial charge in [0, 0.05) is 32.7 Å². The quantitative estimate of drug-likeness (QED) is 0.631. The van der Waals surface area contributed by atoms with E-state index < -0.39 is 5.60 Å². The number of hydrogen-bond donors (Lipinski definition) is 2. The maximum absolute atomic E-state index is 9.81. The van der Waals surface area contributed by atoms with Gasteiger partial charge in [-0.1, -0.05) is 6.92 Å². The van der Waals surface area contributed by atoms with Crippen molar-refractivity contribution in [2.75, 3.05) is 32.7 Å². The molecule has 1 atom stereocenters. The number of aliphatic hydroxyl groups is 1. The predicted octanol–water partition coefficient (Wildman–Crippen LogP) is 0.0526. The molecule has 3 heteroatoms. The zero-order chi connectivity index (χ0) is 9.03. The molecule has 0 aromatic rings. The first kappa shape index (κ1) is 9.96.